The molecule has 2 N–H and O–H groups in total. The highest BCUT2D eigenvalue weighted by Crippen LogP contribution is 2.31. The molecule has 1 aromatic carbocycles. The summed E-state index contributed by atoms with van der Waals surface area (Å²) in [5.41, 5.74) is 3.57. The molecule has 1 aliphatic heterocycles. The van der Waals surface area contributed by atoms with Crippen LogP contribution in [0.5, 0.6) is 0 Å². The minimum absolute atomic E-state index is 0.130. The second-order valence-corrected chi connectivity index (χ2v) is 5.73. The zero-order valence-corrected chi connectivity index (χ0v) is 12.6. The lowest BCUT2D eigenvalue weighted by atomic mass is 9.94. The van der Waals surface area contributed by atoms with E-state index < -0.39 is 0 Å². The van der Waals surface area contributed by atoms with Crippen molar-refractivity contribution in [1.29, 1.82) is 0 Å². The number of esters is 1. The molecule has 0 aliphatic carbocycles. The van der Waals surface area contributed by atoms with Crippen LogP contribution in [0.15, 0.2) is 24.3 Å². The van der Waals surface area contributed by atoms with Gasteiger partial charge in [-0.3, -0.25) is 10.1 Å². The number of unbranched alkanes of at least 4 members (excludes halogenated alkanes) is 1. The molecule has 2 heterocycles. The SMILES string of the molecule is CCCCOC(=O)C1Cc2c([nH]c3ccccc23)C(C)N1. The van der Waals surface area contributed by atoms with Crippen LogP contribution in [-0.2, 0) is 16.0 Å². The van der Waals surface area contributed by atoms with E-state index in [0.717, 1.165) is 18.4 Å². The molecular weight excluding hydrogens is 264 g/mol. The highest BCUT2D eigenvalue weighted by atomic mass is 16.5. The minimum Gasteiger partial charge on any atom is -0.465 e. The average molecular weight is 286 g/mol. The lowest BCUT2D eigenvalue weighted by Crippen LogP contribution is -2.44. The minimum atomic E-state index is -0.247. The van der Waals surface area contributed by atoms with Crippen LogP contribution in [0.1, 0.15) is 44.0 Å². The molecule has 0 bridgehead atoms. The molecule has 0 saturated heterocycles. The quantitative estimate of drug-likeness (QED) is 0.671. The Balaban J connectivity index is 1.82. The van der Waals surface area contributed by atoms with Crippen molar-refractivity contribution in [2.45, 2.75) is 45.2 Å². The fraction of sp³-hybridized carbons (Fsp3) is 0.471. The molecule has 2 aromatic rings. The van der Waals surface area contributed by atoms with Gasteiger partial charge in [-0.2, -0.15) is 0 Å². The van der Waals surface area contributed by atoms with Gasteiger partial charge < -0.3 is 9.72 Å². The van der Waals surface area contributed by atoms with Crippen LogP contribution >= 0.6 is 0 Å². The molecule has 4 nitrogen and oxygen atoms in total. The largest absolute Gasteiger partial charge is 0.465 e. The fourth-order valence-corrected chi connectivity index (χ4v) is 3.03. The first-order chi connectivity index (χ1) is 10.2. The first-order valence-corrected chi connectivity index (χ1v) is 7.73. The van der Waals surface area contributed by atoms with Crippen molar-refractivity contribution >= 4 is 16.9 Å². The van der Waals surface area contributed by atoms with Gasteiger partial charge in [-0.25, -0.2) is 0 Å². The predicted molar refractivity (Wildman–Crippen MR) is 83.2 cm³/mol. The Morgan fingerprint density at radius 1 is 1.38 bits per heavy atom. The summed E-state index contributed by atoms with van der Waals surface area (Å²) in [5.74, 6) is -0.133. The molecule has 2 unspecified atom stereocenters. The number of benzene rings is 1. The number of carbonyl (C=O) groups is 1. The van der Waals surface area contributed by atoms with E-state index in [-0.39, 0.29) is 18.1 Å². The van der Waals surface area contributed by atoms with Crippen molar-refractivity contribution in [3.05, 3.63) is 35.5 Å². The van der Waals surface area contributed by atoms with Crippen LogP contribution in [0.25, 0.3) is 10.9 Å². The number of carbonyl (C=O) groups excluding carboxylic acids is 1. The zero-order valence-electron chi connectivity index (χ0n) is 12.6. The number of hydrogen-bond donors (Lipinski definition) is 2. The van der Waals surface area contributed by atoms with Crippen LogP contribution in [0.2, 0.25) is 0 Å². The summed E-state index contributed by atoms with van der Waals surface area (Å²) in [4.78, 5) is 15.7. The molecular formula is C17H22N2O2. The molecule has 0 fully saturated rings. The van der Waals surface area contributed by atoms with E-state index in [4.69, 9.17) is 4.74 Å². The van der Waals surface area contributed by atoms with Gasteiger partial charge in [0.25, 0.3) is 0 Å². The number of para-hydroxylation sites is 1. The number of H-pyrrole nitrogens is 1. The van der Waals surface area contributed by atoms with Crippen molar-refractivity contribution in [3.8, 4) is 0 Å². The molecule has 112 valence electrons. The second-order valence-electron chi connectivity index (χ2n) is 5.73. The molecule has 2 atom stereocenters. The third kappa shape index (κ3) is 2.68. The maximum absolute atomic E-state index is 12.2. The third-order valence-corrected chi connectivity index (χ3v) is 4.17. The molecule has 0 saturated carbocycles. The van der Waals surface area contributed by atoms with Crippen LogP contribution in [-0.4, -0.2) is 23.6 Å². The van der Waals surface area contributed by atoms with Crippen molar-refractivity contribution in [1.82, 2.24) is 10.3 Å². The summed E-state index contributed by atoms with van der Waals surface area (Å²) in [6.45, 7) is 4.69. The zero-order chi connectivity index (χ0) is 14.8. The van der Waals surface area contributed by atoms with Gasteiger partial charge in [-0.15, -0.1) is 0 Å². The van der Waals surface area contributed by atoms with Crippen LogP contribution in [0.3, 0.4) is 0 Å². The van der Waals surface area contributed by atoms with Crippen LogP contribution < -0.4 is 5.32 Å². The number of rotatable bonds is 4. The summed E-state index contributed by atoms with van der Waals surface area (Å²) >= 11 is 0. The van der Waals surface area contributed by atoms with E-state index in [2.05, 4.69) is 36.3 Å². The molecule has 4 heteroatoms. The Morgan fingerprint density at radius 3 is 3.00 bits per heavy atom. The van der Waals surface area contributed by atoms with E-state index in [1.807, 2.05) is 12.1 Å². The number of aromatic amines is 1. The standard InChI is InChI=1S/C17H22N2O2/c1-3-4-9-21-17(20)15-10-13-12-7-5-6-8-14(12)19-16(13)11(2)18-15/h5-8,11,15,18-19H,3-4,9-10H2,1-2H3. The summed E-state index contributed by atoms with van der Waals surface area (Å²) in [5, 5.41) is 4.57. The molecule has 0 radical (unpaired) electrons. The fourth-order valence-electron chi connectivity index (χ4n) is 3.03. The summed E-state index contributed by atoms with van der Waals surface area (Å²) in [6.07, 6.45) is 2.65. The summed E-state index contributed by atoms with van der Waals surface area (Å²) in [6, 6.07) is 8.14. The van der Waals surface area contributed by atoms with Gasteiger partial charge >= 0.3 is 5.97 Å². The summed E-state index contributed by atoms with van der Waals surface area (Å²) < 4.78 is 5.36. The number of ether oxygens (including phenoxy) is 1. The number of aromatic nitrogens is 1. The van der Waals surface area contributed by atoms with Gasteiger partial charge in [0, 0.05) is 29.1 Å². The van der Waals surface area contributed by atoms with Crippen LogP contribution in [0, 0.1) is 0 Å². The van der Waals surface area contributed by atoms with Gasteiger partial charge in [0.1, 0.15) is 6.04 Å². The van der Waals surface area contributed by atoms with E-state index in [1.54, 1.807) is 0 Å². The van der Waals surface area contributed by atoms with E-state index in [0.29, 0.717) is 13.0 Å². The Bertz CT molecular complexity index is 647. The molecule has 21 heavy (non-hydrogen) atoms. The first kappa shape index (κ1) is 14.1. The number of nitrogens with one attached hydrogen (secondary N) is 2. The average Bonchev–Trinajstić information content (AvgIpc) is 2.87. The summed E-state index contributed by atoms with van der Waals surface area (Å²) in [7, 11) is 0. The highest BCUT2D eigenvalue weighted by molar-refractivity contribution is 5.87. The van der Waals surface area contributed by atoms with Gasteiger partial charge in [-0.1, -0.05) is 31.5 Å². The monoisotopic (exact) mass is 286 g/mol. The third-order valence-electron chi connectivity index (χ3n) is 4.17. The number of hydrogen-bond acceptors (Lipinski definition) is 3. The molecule has 1 aliphatic rings. The Hall–Kier alpha value is -1.81. The smallest absolute Gasteiger partial charge is 0.323 e. The molecule has 0 spiro atoms. The number of fused-ring (bicyclic) bond motifs is 3. The normalized spacial score (nSPS) is 21.2. The Morgan fingerprint density at radius 2 is 2.19 bits per heavy atom. The van der Waals surface area contributed by atoms with E-state index >= 15 is 0 Å². The lowest BCUT2D eigenvalue weighted by Gasteiger charge is -2.27. The second kappa shape index (κ2) is 5.90. The Kier molecular flexibility index (Phi) is 3.97. The molecule has 0 amide bonds. The molecule has 3 rings (SSSR count). The van der Waals surface area contributed by atoms with Gasteiger partial charge in [0.2, 0.25) is 0 Å². The van der Waals surface area contributed by atoms with Crippen LogP contribution in [0.4, 0.5) is 0 Å². The maximum Gasteiger partial charge on any atom is 0.323 e. The van der Waals surface area contributed by atoms with Gasteiger partial charge in [0.15, 0.2) is 0 Å². The van der Waals surface area contributed by atoms with E-state index in [9.17, 15) is 4.79 Å². The van der Waals surface area contributed by atoms with Crippen molar-refractivity contribution in [3.63, 3.8) is 0 Å². The maximum atomic E-state index is 12.2. The lowest BCUT2D eigenvalue weighted by molar-refractivity contribution is -0.146. The van der Waals surface area contributed by atoms with Gasteiger partial charge in [0.05, 0.1) is 6.61 Å². The van der Waals surface area contributed by atoms with Crippen molar-refractivity contribution in [2.75, 3.05) is 6.61 Å². The first-order valence-electron chi connectivity index (χ1n) is 7.73. The topological polar surface area (TPSA) is 54.1 Å². The predicted octanol–water partition coefficient (Wildman–Crippen LogP) is 3.09. The highest BCUT2D eigenvalue weighted by Gasteiger charge is 2.31. The van der Waals surface area contributed by atoms with Crippen molar-refractivity contribution in [2.24, 2.45) is 0 Å². The molecule has 1 aromatic heterocycles. The van der Waals surface area contributed by atoms with E-state index in [1.165, 1.54) is 16.6 Å². The van der Waals surface area contributed by atoms with Gasteiger partial charge in [-0.05, 0) is 25.0 Å². The Labute approximate surface area is 124 Å². The van der Waals surface area contributed by atoms with Crippen molar-refractivity contribution < 1.29 is 9.53 Å².